The van der Waals surface area contributed by atoms with Gasteiger partial charge in [0.1, 0.15) is 11.0 Å². The fourth-order valence-corrected chi connectivity index (χ4v) is 3.11. The molecule has 8 nitrogen and oxygen atoms in total. The Morgan fingerprint density at radius 3 is 2.84 bits per heavy atom. The number of amides is 3. The predicted molar refractivity (Wildman–Crippen MR) is 93.5 cm³/mol. The zero-order valence-electron chi connectivity index (χ0n) is 13.5. The summed E-state index contributed by atoms with van der Waals surface area (Å²) in [4.78, 5) is 36.5. The highest BCUT2D eigenvalue weighted by atomic mass is 32.1. The van der Waals surface area contributed by atoms with Gasteiger partial charge in [0.05, 0.1) is 11.3 Å². The third-order valence-corrected chi connectivity index (χ3v) is 4.71. The number of rotatable bonds is 5. The lowest BCUT2D eigenvalue weighted by molar-refractivity contribution is -0.118. The number of aromatic nitrogens is 2. The summed E-state index contributed by atoms with van der Waals surface area (Å²) in [6.45, 7) is 1.96. The van der Waals surface area contributed by atoms with Crippen LogP contribution < -0.4 is 16.0 Å². The number of nitrogens with zero attached hydrogens (tertiary/aromatic N) is 2. The first-order valence-corrected chi connectivity index (χ1v) is 8.71. The normalized spacial score (nSPS) is 16.4. The summed E-state index contributed by atoms with van der Waals surface area (Å²) in [5.74, 6) is -0.950. The van der Waals surface area contributed by atoms with E-state index in [4.69, 9.17) is 0 Å². The number of nitrogens with one attached hydrogen (secondary N) is 3. The lowest BCUT2D eigenvalue weighted by Gasteiger charge is -2.13. The van der Waals surface area contributed by atoms with Crippen LogP contribution in [0.4, 0.5) is 10.8 Å². The summed E-state index contributed by atoms with van der Waals surface area (Å²) in [7, 11) is 0. The molecule has 0 saturated carbocycles. The maximum Gasteiger partial charge on any atom is 0.254 e. The van der Waals surface area contributed by atoms with Crippen LogP contribution in [0.25, 0.3) is 0 Å². The fourth-order valence-electron chi connectivity index (χ4n) is 2.42. The highest BCUT2D eigenvalue weighted by Gasteiger charge is 2.27. The molecule has 1 aliphatic heterocycles. The number of benzene rings is 1. The van der Waals surface area contributed by atoms with Gasteiger partial charge in [-0.3, -0.25) is 14.4 Å². The first-order valence-electron chi connectivity index (χ1n) is 7.89. The SMILES string of the molecule is CCc1nnc(NC(=O)CC[C@@H]2NC(=O)c3ccccc3NC2=O)s1. The summed E-state index contributed by atoms with van der Waals surface area (Å²) >= 11 is 1.32. The second kappa shape index (κ2) is 7.39. The Morgan fingerprint density at radius 2 is 2.08 bits per heavy atom. The average molecular weight is 359 g/mol. The van der Waals surface area contributed by atoms with Gasteiger partial charge in [-0.2, -0.15) is 0 Å². The van der Waals surface area contributed by atoms with Gasteiger partial charge in [0.25, 0.3) is 5.91 Å². The van der Waals surface area contributed by atoms with Crippen molar-refractivity contribution in [3.05, 3.63) is 34.8 Å². The van der Waals surface area contributed by atoms with Gasteiger partial charge in [-0.25, -0.2) is 0 Å². The molecule has 0 bridgehead atoms. The number of hydrogen-bond donors (Lipinski definition) is 3. The van der Waals surface area contributed by atoms with Crippen molar-refractivity contribution in [1.82, 2.24) is 15.5 Å². The summed E-state index contributed by atoms with van der Waals surface area (Å²) in [5, 5.41) is 17.1. The van der Waals surface area contributed by atoms with E-state index in [-0.39, 0.29) is 30.6 Å². The van der Waals surface area contributed by atoms with Crippen molar-refractivity contribution in [1.29, 1.82) is 0 Å². The minimum atomic E-state index is -0.772. The number of carbonyl (C=O) groups is 3. The van der Waals surface area contributed by atoms with Gasteiger partial charge in [-0.05, 0) is 25.0 Å². The molecule has 9 heteroatoms. The van der Waals surface area contributed by atoms with Crippen LogP contribution in [0.1, 0.15) is 35.1 Å². The average Bonchev–Trinajstić information content (AvgIpc) is 3.01. The molecule has 0 unspecified atom stereocenters. The highest BCUT2D eigenvalue weighted by molar-refractivity contribution is 7.15. The molecule has 2 aromatic rings. The molecule has 0 radical (unpaired) electrons. The van der Waals surface area contributed by atoms with E-state index in [0.717, 1.165) is 11.4 Å². The van der Waals surface area contributed by atoms with Crippen LogP contribution in [0.5, 0.6) is 0 Å². The van der Waals surface area contributed by atoms with Gasteiger partial charge in [-0.1, -0.05) is 30.4 Å². The van der Waals surface area contributed by atoms with E-state index in [9.17, 15) is 14.4 Å². The van der Waals surface area contributed by atoms with Crippen molar-refractivity contribution in [3.8, 4) is 0 Å². The molecule has 1 aliphatic rings. The minimum Gasteiger partial charge on any atom is -0.340 e. The molecule has 0 fully saturated rings. The van der Waals surface area contributed by atoms with Crippen LogP contribution >= 0.6 is 11.3 Å². The van der Waals surface area contributed by atoms with Crippen molar-refractivity contribution in [3.63, 3.8) is 0 Å². The number of para-hydroxylation sites is 1. The molecular formula is C16H17N5O3S. The fraction of sp³-hybridized carbons (Fsp3) is 0.312. The first-order chi connectivity index (χ1) is 12.1. The first kappa shape index (κ1) is 17.0. The Morgan fingerprint density at radius 1 is 1.28 bits per heavy atom. The lowest BCUT2D eigenvalue weighted by Crippen LogP contribution is -2.41. The summed E-state index contributed by atoms with van der Waals surface area (Å²) in [6, 6.07) is 6.01. The van der Waals surface area contributed by atoms with Gasteiger partial charge in [-0.15, -0.1) is 10.2 Å². The number of fused-ring (bicyclic) bond motifs is 1. The third kappa shape index (κ3) is 4.00. The number of aryl methyl sites for hydroxylation is 1. The number of carbonyl (C=O) groups excluding carboxylic acids is 3. The van der Waals surface area contributed by atoms with Crippen molar-refractivity contribution in [2.75, 3.05) is 10.6 Å². The van der Waals surface area contributed by atoms with E-state index in [1.807, 2.05) is 6.92 Å². The molecule has 1 atom stereocenters. The van der Waals surface area contributed by atoms with Crippen LogP contribution in [0.3, 0.4) is 0 Å². The molecule has 0 spiro atoms. The topological polar surface area (TPSA) is 113 Å². The van der Waals surface area contributed by atoms with Crippen molar-refractivity contribution < 1.29 is 14.4 Å². The van der Waals surface area contributed by atoms with E-state index < -0.39 is 6.04 Å². The van der Waals surface area contributed by atoms with Gasteiger partial charge in [0.15, 0.2) is 0 Å². The monoisotopic (exact) mass is 359 g/mol. The second-order valence-corrected chi connectivity index (χ2v) is 6.56. The molecule has 0 aliphatic carbocycles. The van der Waals surface area contributed by atoms with E-state index in [1.165, 1.54) is 11.3 Å². The smallest absolute Gasteiger partial charge is 0.254 e. The molecule has 0 saturated heterocycles. The molecule has 130 valence electrons. The van der Waals surface area contributed by atoms with Crippen LogP contribution in [-0.2, 0) is 16.0 Å². The van der Waals surface area contributed by atoms with Crippen molar-refractivity contribution in [2.45, 2.75) is 32.2 Å². The minimum absolute atomic E-state index is 0.0791. The molecule has 1 aromatic carbocycles. The van der Waals surface area contributed by atoms with Crippen LogP contribution in [0.15, 0.2) is 24.3 Å². The largest absolute Gasteiger partial charge is 0.340 e. The van der Waals surface area contributed by atoms with E-state index in [2.05, 4.69) is 26.1 Å². The molecule has 2 heterocycles. The third-order valence-electron chi connectivity index (χ3n) is 3.73. The molecule has 1 aromatic heterocycles. The molecule has 25 heavy (non-hydrogen) atoms. The van der Waals surface area contributed by atoms with Crippen molar-refractivity contribution >= 4 is 39.9 Å². The number of anilines is 2. The molecular weight excluding hydrogens is 342 g/mol. The Balaban J connectivity index is 1.58. The molecule has 3 amide bonds. The van der Waals surface area contributed by atoms with Gasteiger partial charge in [0.2, 0.25) is 16.9 Å². The number of hydrogen-bond acceptors (Lipinski definition) is 6. The summed E-state index contributed by atoms with van der Waals surface area (Å²) < 4.78 is 0. The van der Waals surface area contributed by atoms with Crippen LogP contribution in [0.2, 0.25) is 0 Å². The van der Waals surface area contributed by atoms with E-state index >= 15 is 0 Å². The standard InChI is InChI=1S/C16H17N5O3S/c1-2-13-20-21-16(25-13)19-12(22)8-7-11-15(24)17-10-6-4-3-5-9(10)14(23)18-11/h3-6,11H,2,7-8H2,1H3,(H,17,24)(H,18,23)(H,19,21,22)/t11-/m0/s1. The van der Waals surface area contributed by atoms with Gasteiger partial charge < -0.3 is 16.0 Å². The van der Waals surface area contributed by atoms with Crippen molar-refractivity contribution in [2.24, 2.45) is 0 Å². The second-order valence-electron chi connectivity index (χ2n) is 5.50. The lowest BCUT2D eigenvalue weighted by atomic mass is 10.1. The Bertz CT molecular complexity index is 820. The molecule has 3 N–H and O–H groups in total. The predicted octanol–water partition coefficient (Wildman–Crippen LogP) is 1.57. The highest BCUT2D eigenvalue weighted by Crippen LogP contribution is 2.20. The zero-order valence-corrected chi connectivity index (χ0v) is 14.4. The maximum absolute atomic E-state index is 12.3. The van der Waals surface area contributed by atoms with Gasteiger partial charge in [0, 0.05) is 6.42 Å². The van der Waals surface area contributed by atoms with E-state index in [0.29, 0.717) is 16.4 Å². The summed E-state index contributed by atoms with van der Waals surface area (Å²) in [6.07, 6.45) is 1.02. The van der Waals surface area contributed by atoms with Crippen LogP contribution in [0, 0.1) is 0 Å². The summed E-state index contributed by atoms with van der Waals surface area (Å²) in [5.41, 5.74) is 0.877. The maximum atomic E-state index is 12.3. The Hall–Kier alpha value is -2.81. The Labute approximate surface area is 148 Å². The molecule has 3 rings (SSSR count). The van der Waals surface area contributed by atoms with E-state index in [1.54, 1.807) is 24.3 Å². The zero-order chi connectivity index (χ0) is 17.8. The van der Waals surface area contributed by atoms with Crippen LogP contribution in [-0.4, -0.2) is 34.0 Å². The quantitative estimate of drug-likeness (QED) is 0.750. The Kier molecular flexibility index (Phi) is 5.03. The van der Waals surface area contributed by atoms with Gasteiger partial charge >= 0.3 is 0 Å².